The van der Waals surface area contributed by atoms with Crippen molar-refractivity contribution in [3.8, 4) is 16.3 Å². The molecule has 1 aromatic heterocycles. The lowest BCUT2D eigenvalue weighted by molar-refractivity contribution is -0.124. The van der Waals surface area contributed by atoms with Gasteiger partial charge in [-0.2, -0.15) is 0 Å². The van der Waals surface area contributed by atoms with Crippen LogP contribution in [0.15, 0.2) is 60.7 Å². The van der Waals surface area contributed by atoms with Crippen LogP contribution in [0.2, 0.25) is 0 Å². The van der Waals surface area contributed by atoms with Crippen LogP contribution in [0.4, 0.5) is 5.13 Å². The first kappa shape index (κ1) is 22.2. The fourth-order valence-electron chi connectivity index (χ4n) is 2.78. The number of benzene rings is 2. The van der Waals surface area contributed by atoms with Crippen molar-refractivity contribution in [3.63, 3.8) is 0 Å². The monoisotopic (exact) mass is 436 g/mol. The van der Waals surface area contributed by atoms with Crippen molar-refractivity contribution in [2.45, 2.75) is 19.9 Å². The topological polar surface area (TPSA) is 93.2 Å². The average molecular weight is 437 g/mol. The Balaban J connectivity index is 1.63. The highest BCUT2D eigenvalue weighted by Gasteiger charge is 2.24. The first-order valence-corrected chi connectivity index (χ1v) is 10.6. The zero-order valence-electron chi connectivity index (χ0n) is 17.5. The molecule has 160 valence electrons. The molecule has 0 saturated carbocycles. The number of methoxy groups -OCH3 is 1. The van der Waals surface area contributed by atoms with Crippen LogP contribution in [0.25, 0.3) is 16.6 Å². The van der Waals surface area contributed by atoms with Crippen LogP contribution in [0, 0.1) is 5.92 Å². The molecule has 3 rings (SSSR count). The molecular formula is C23H24N4O3S. The molecule has 7 nitrogen and oxygen atoms in total. The molecule has 0 unspecified atom stereocenters. The number of rotatable bonds is 8. The molecule has 2 amide bonds. The zero-order valence-corrected chi connectivity index (χ0v) is 18.3. The minimum absolute atomic E-state index is 0.108. The van der Waals surface area contributed by atoms with Crippen LogP contribution in [-0.2, 0) is 9.59 Å². The molecule has 0 aliphatic heterocycles. The second kappa shape index (κ2) is 10.5. The summed E-state index contributed by atoms with van der Waals surface area (Å²) in [6.45, 7) is 3.74. The number of nitrogens with one attached hydrogen (secondary N) is 2. The number of hydrogen-bond acceptors (Lipinski definition) is 6. The van der Waals surface area contributed by atoms with Gasteiger partial charge in [0.25, 0.3) is 0 Å². The summed E-state index contributed by atoms with van der Waals surface area (Å²) in [6.07, 6.45) is 3.13. The normalized spacial score (nSPS) is 12.0. The Morgan fingerprint density at radius 2 is 1.74 bits per heavy atom. The number of carbonyl (C=O) groups is 2. The van der Waals surface area contributed by atoms with Crippen molar-refractivity contribution in [1.82, 2.24) is 15.5 Å². The summed E-state index contributed by atoms with van der Waals surface area (Å²) in [7, 11) is 1.61. The maximum Gasteiger partial charge on any atom is 0.249 e. The highest BCUT2D eigenvalue weighted by molar-refractivity contribution is 7.18. The molecule has 1 heterocycles. The van der Waals surface area contributed by atoms with E-state index in [1.165, 1.54) is 17.4 Å². The van der Waals surface area contributed by atoms with Crippen molar-refractivity contribution in [3.05, 3.63) is 66.2 Å². The molecule has 3 aromatic rings. The lowest BCUT2D eigenvalue weighted by Gasteiger charge is -2.20. The Hall–Kier alpha value is -3.52. The van der Waals surface area contributed by atoms with Gasteiger partial charge >= 0.3 is 0 Å². The van der Waals surface area contributed by atoms with E-state index < -0.39 is 6.04 Å². The summed E-state index contributed by atoms with van der Waals surface area (Å²) in [5, 5.41) is 14.8. The molecule has 0 spiro atoms. The number of carbonyl (C=O) groups excluding carboxylic acids is 2. The van der Waals surface area contributed by atoms with E-state index in [4.69, 9.17) is 4.74 Å². The molecule has 0 bridgehead atoms. The van der Waals surface area contributed by atoms with E-state index in [1.807, 2.05) is 68.4 Å². The average Bonchev–Trinajstić information content (AvgIpc) is 3.25. The molecule has 2 N–H and O–H groups in total. The fourth-order valence-corrected chi connectivity index (χ4v) is 3.53. The molecule has 31 heavy (non-hydrogen) atoms. The number of hydrogen-bond donors (Lipinski definition) is 2. The van der Waals surface area contributed by atoms with Gasteiger partial charge in [-0.05, 0) is 41.8 Å². The molecule has 2 aromatic carbocycles. The number of nitrogens with zero attached hydrogens (tertiary/aromatic N) is 2. The van der Waals surface area contributed by atoms with Crippen LogP contribution in [0.3, 0.4) is 0 Å². The third kappa shape index (κ3) is 6.23. The van der Waals surface area contributed by atoms with Gasteiger partial charge in [0, 0.05) is 11.6 Å². The Kier molecular flexibility index (Phi) is 7.50. The maximum atomic E-state index is 12.8. The van der Waals surface area contributed by atoms with E-state index in [9.17, 15) is 9.59 Å². The largest absolute Gasteiger partial charge is 0.497 e. The molecule has 0 fully saturated rings. The van der Waals surface area contributed by atoms with Gasteiger partial charge in [0.05, 0.1) is 7.11 Å². The molecule has 0 saturated heterocycles. The zero-order chi connectivity index (χ0) is 22.2. The van der Waals surface area contributed by atoms with Crippen molar-refractivity contribution in [2.24, 2.45) is 5.92 Å². The van der Waals surface area contributed by atoms with Gasteiger partial charge in [-0.15, -0.1) is 10.2 Å². The van der Waals surface area contributed by atoms with E-state index in [-0.39, 0.29) is 17.7 Å². The highest BCUT2D eigenvalue weighted by atomic mass is 32.1. The van der Waals surface area contributed by atoms with Gasteiger partial charge in [-0.25, -0.2) is 0 Å². The van der Waals surface area contributed by atoms with Gasteiger partial charge in [0.1, 0.15) is 16.8 Å². The quantitative estimate of drug-likeness (QED) is 0.521. The van der Waals surface area contributed by atoms with Crippen molar-refractivity contribution >= 4 is 34.4 Å². The summed E-state index contributed by atoms with van der Waals surface area (Å²) < 4.78 is 5.16. The number of ether oxygens (including phenoxy) is 1. The van der Waals surface area contributed by atoms with Crippen molar-refractivity contribution < 1.29 is 14.3 Å². The number of anilines is 1. The van der Waals surface area contributed by atoms with Gasteiger partial charge in [0.2, 0.25) is 16.9 Å². The third-order valence-electron chi connectivity index (χ3n) is 4.47. The maximum absolute atomic E-state index is 12.8. The van der Waals surface area contributed by atoms with Crippen LogP contribution in [0.1, 0.15) is 19.4 Å². The minimum Gasteiger partial charge on any atom is -0.497 e. The van der Waals surface area contributed by atoms with E-state index in [1.54, 1.807) is 13.2 Å². The molecule has 1 atom stereocenters. The summed E-state index contributed by atoms with van der Waals surface area (Å²) >= 11 is 1.26. The summed E-state index contributed by atoms with van der Waals surface area (Å²) in [5.74, 6) is -0.0375. The van der Waals surface area contributed by atoms with Crippen LogP contribution >= 0.6 is 11.3 Å². The molecule has 0 aliphatic rings. The SMILES string of the molecule is COc1ccc(-c2nnc(NC(=O)[C@H](NC(=O)/C=C/c3ccccc3)C(C)C)s2)cc1. The predicted octanol–water partition coefficient (Wildman–Crippen LogP) is 4.01. The second-order valence-electron chi connectivity index (χ2n) is 7.10. The van der Waals surface area contributed by atoms with Crippen LogP contribution in [0.5, 0.6) is 5.75 Å². The summed E-state index contributed by atoms with van der Waals surface area (Å²) in [6, 6.07) is 16.2. The number of amides is 2. The lowest BCUT2D eigenvalue weighted by atomic mass is 10.0. The molecule has 0 radical (unpaired) electrons. The van der Waals surface area contributed by atoms with Crippen molar-refractivity contribution in [2.75, 3.05) is 12.4 Å². The Morgan fingerprint density at radius 3 is 2.39 bits per heavy atom. The highest BCUT2D eigenvalue weighted by Crippen LogP contribution is 2.28. The lowest BCUT2D eigenvalue weighted by Crippen LogP contribution is -2.46. The Bertz CT molecular complexity index is 1050. The Morgan fingerprint density at radius 1 is 1.03 bits per heavy atom. The summed E-state index contributed by atoms with van der Waals surface area (Å²) in [5.41, 5.74) is 1.78. The summed E-state index contributed by atoms with van der Waals surface area (Å²) in [4.78, 5) is 25.1. The molecule has 8 heteroatoms. The standard InChI is InChI=1S/C23H24N4O3S/c1-15(2)20(24-19(28)14-9-16-7-5-4-6-8-16)21(29)25-23-27-26-22(31-23)17-10-12-18(30-3)13-11-17/h4-15,20H,1-3H3,(H,24,28)(H,25,27,29)/b14-9+/t20-/m1/s1. The van der Waals surface area contributed by atoms with Gasteiger partial charge in [-0.1, -0.05) is 55.5 Å². The predicted molar refractivity (Wildman–Crippen MR) is 123 cm³/mol. The van der Waals surface area contributed by atoms with E-state index >= 15 is 0 Å². The smallest absolute Gasteiger partial charge is 0.249 e. The first-order valence-electron chi connectivity index (χ1n) is 9.78. The molecular weight excluding hydrogens is 412 g/mol. The van der Waals surface area contributed by atoms with Crippen LogP contribution < -0.4 is 15.4 Å². The third-order valence-corrected chi connectivity index (χ3v) is 5.35. The van der Waals surface area contributed by atoms with Crippen molar-refractivity contribution in [1.29, 1.82) is 0 Å². The van der Waals surface area contributed by atoms with Gasteiger partial charge < -0.3 is 10.1 Å². The van der Waals surface area contributed by atoms with E-state index in [0.717, 1.165) is 16.9 Å². The first-order chi connectivity index (χ1) is 15.0. The molecule has 0 aliphatic carbocycles. The van der Waals surface area contributed by atoms with E-state index in [2.05, 4.69) is 20.8 Å². The minimum atomic E-state index is -0.707. The fraction of sp³-hybridized carbons (Fsp3) is 0.217. The van der Waals surface area contributed by atoms with Crippen LogP contribution in [-0.4, -0.2) is 35.2 Å². The van der Waals surface area contributed by atoms with Gasteiger partial charge in [0.15, 0.2) is 0 Å². The van der Waals surface area contributed by atoms with E-state index in [0.29, 0.717) is 10.1 Å². The second-order valence-corrected chi connectivity index (χ2v) is 8.08. The van der Waals surface area contributed by atoms with Gasteiger partial charge in [-0.3, -0.25) is 14.9 Å². The Labute approximate surface area is 185 Å². The number of aromatic nitrogens is 2.